The SMILES string of the molecule is CN1OC1=S.Cc1nc(C(C)C)c(Sc2cccc(Cl)c2)n1Cc1ccccn1. The molecule has 29 heavy (non-hydrogen) atoms. The molecule has 1 aromatic carbocycles. The summed E-state index contributed by atoms with van der Waals surface area (Å²) in [5, 5.41) is 4.02. The van der Waals surface area contributed by atoms with E-state index in [1.165, 1.54) is 5.06 Å². The van der Waals surface area contributed by atoms with Crippen LogP contribution in [0.25, 0.3) is 0 Å². The average molecular weight is 447 g/mol. The number of benzene rings is 1. The molecule has 2 aromatic heterocycles. The second-order valence-corrected chi connectivity index (χ2v) is 8.67. The molecular formula is C21H23ClN4OS2. The third-order valence-electron chi connectivity index (χ3n) is 4.18. The van der Waals surface area contributed by atoms with Crippen LogP contribution in [0.15, 0.2) is 58.6 Å². The third-order valence-corrected chi connectivity index (χ3v) is 5.86. The molecule has 3 aromatic rings. The van der Waals surface area contributed by atoms with Crippen LogP contribution in [0, 0.1) is 6.92 Å². The van der Waals surface area contributed by atoms with Crippen molar-refractivity contribution in [1.29, 1.82) is 0 Å². The van der Waals surface area contributed by atoms with E-state index in [9.17, 15) is 0 Å². The number of thiocarbonyl (C=S) groups is 1. The molecule has 0 N–H and O–H groups in total. The fourth-order valence-corrected chi connectivity index (χ4v) is 4.25. The lowest BCUT2D eigenvalue weighted by Crippen LogP contribution is -2.05. The number of hydrogen-bond acceptors (Lipinski definition) is 5. The number of halogens is 1. The highest BCUT2D eigenvalue weighted by Crippen LogP contribution is 2.35. The normalized spacial score (nSPS) is 12.5. The van der Waals surface area contributed by atoms with Crippen LogP contribution in [-0.2, 0) is 11.4 Å². The Balaban J connectivity index is 0.000000419. The van der Waals surface area contributed by atoms with Crippen LogP contribution >= 0.6 is 35.6 Å². The lowest BCUT2D eigenvalue weighted by Gasteiger charge is -2.12. The zero-order valence-corrected chi connectivity index (χ0v) is 19.2. The minimum Gasteiger partial charge on any atom is -0.342 e. The fraction of sp³-hybridized carbons (Fsp3) is 0.286. The highest BCUT2D eigenvalue weighted by atomic mass is 35.5. The molecule has 0 radical (unpaired) electrons. The highest BCUT2D eigenvalue weighted by molar-refractivity contribution is 7.99. The molecule has 1 aliphatic rings. The van der Waals surface area contributed by atoms with Crippen LogP contribution in [0.1, 0.15) is 37.0 Å². The molecule has 4 rings (SSSR count). The molecule has 0 amide bonds. The van der Waals surface area contributed by atoms with Gasteiger partial charge in [0.25, 0.3) is 0 Å². The predicted molar refractivity (Wildman–Crippen MR) is 121 cm³/mol. The van der Waals surface area contributed by atoms with Crippen LogP contribution in [0.2, 0.25) is 5.02 Å². The van der Waals surface area contributed by atoms with Gasteiger partial charge in [0.05, 0.1) is 17.9 Å². The summed E-state index contributed by atoms with van der Waals surface area (Å²) in [5.41, 5.74) is 2.15. The number of rotatable bonds is 5. The molecule has 1 saturated heterocycles. The van der Waals surface area contributed by atoms with E-state index >= 15 is 0 Å². The second kappa shape index (κ2) is 9.61. The topological polar surface area (TPSA) is 46.2 Å². The smallest absolute Gasteiger partial charge is 0.322 e. The molecule has 152 valence electrons. The lowest BCUT2D eigenvalue weighted by atomic mass is 10.1. The number of nitrogens with zero attached hydrogens (tertiary/aromatic N) is 4. The summed E-state index contributed by atoms with van der Waals surface area (Å²) in [6, 6.07) is 13.9. The third kappa shape index (κ3) is 5.95. The van der Waals surface area contributed by atoms with Crippen LogP contribution in [0.4, 0.5) is 0 Å². The summed E-state index contributed by atoms with van der Waals surface area (Å²) in [6.07, 6.45) is 1.83. The molecule has 0 unspecified atom stereocenters. The molecular weight excluding hydrogens is 424 g/mol. The van der Waals surface area contributed by atoms with Gasteiger partial charge in [-0.05, 0) is 55.4 Å². The van der Waals surface area contributed by atoms with Crippen LogP contribution in [-0.4, -0.2) is 31.8 Å². The maximum absolute atomic E-state index is 6.14. The van der Waals surface area contributed by atoms with Crippen molar-refractivity contribution in [3.8, 4) is 0 Å². The Kier molecular flexibility index (Phi) is 7.16. The standard InChI is InChI=1S/C19H20ClN3S.C2H3NOS/c1-13(2)18-19(24-17-9-6-7-15(20)11-17)23(14(3)22-18)12-16-8-4-5-10-21-16;1-3-2(5)4-3/h4-11,13H,12H2,1-3H3;1H3. The number of aromatic nitrogens is 3. The van der Waals surface area contributed by atoms with Gasteiger partial charge in [0, 0.05) is 23.2 Å². The number of pyridine rings is 1. The summed E-state index contributed by atoms with van der Waals surface area (Å²) < 4.78 is 2.24. The Bertz CT molecular complexity index is 992. The second-order valence-electron chi connectivity index (χ2n) is 6.83. The van der Waals surface area contributed by atoms with E-state index < -0.39 is 0 Å². The number of hydroxylamine groups is 2. The molecule has 0 saturated carbocycles. The van der Waals surface area contributed by atoms with E-state index in [0.29, 0.717) is 11.1 Å². The summed E-state index contributed by atoms with van der Waals surface area (Å²) in [7, 11) is 1.77. The van der Waals surface area contributed by atoms with E-state index in [1.807, 2.05) is 42.6 Å². The van der Waals surface area contributed by atoms with Crippen molar-refractivity contribution < 1.29 is 4.84 Å². The van der Waals surface area contributed by atoms with Crippen molar-refractivity contribution in [1.82, 2.24) is 19.6 Å². The first-order valence-electron chi connectivity index (χ1n) is 9.21. The summed E-state index contributed by atoms with van der Waals surface area (Å²) >= 11 is 12.3. The minimum absolute atomic E-state index is 0.357. The Hall–Kier alpha value is -2.09. The lowest BCUT2D eigenvalue weighted by molar-refractivity contribution is 0.243. The van der Waals surface area contributed by atoms with E-state index in [2.05, 4.69) is 53.4 Å². The van der Waals surface area contributed by atoms with Gasteiger partial charge < -0.3 is 9.40 Å². The van der Waals surface area contributed by atoms with Gasteiger partial charge in [-0.25, -0.2) is 4.98 Å². The zero-order valence-electron chi connectivity index (χ0n) is 16.8. The first-order valence-corrected chi connectivity index (χ1v) is 10.8. The van der Waals surface area contributed by atoms with E-state index in [-0.39, 0.29) is 0 Å². The summed E-state index contributed by atoms with van der Waals surface area (Å²) in [5.74, 6) is 1.37. The average Bonchev–Trinajstić information content (AvgIpc) is 3.25. The van der Waals surface area contributed by atoms with E-state index in [1.54, 1.807) is 18.8 Å². The van der Waals surface area contributed by atoms with Gasteiger partial charge in [0.1, 0.15) is 10.9 Å². The molecule has 5 nitrogen and oxygen atoms in total. The van der Waals surface area contributed by atoms with Gasteiger partial charge >= 0.3 is 5.17 Å². The van der Waals surface area contributed by atoms with Crippen molar-refractivity contribution in [3.05, 3.63) is 70.9 Å². The molecule has 1 aliphatic heterocycles. The Morgan fingerprint density at radius 2 is 1.93 bits per heavy atom. The Morgan fingerprint density at radius 3 is 2.48 bits per heavy atom. The van der Waals surface area contributed by atoms with E-state index in [4.69, 9.17) is 16.6 Å². The van der Waals surface area contributed by atoms with Crippen molar-refractivity contribution in [3.63, 3.8) is 0 Å². The predicted octanol–water partition coefficient (Wildman–Crippen LogP) is 5.71. The van der Waals surface area contributed by atoms with Crippen molar-refractivity contribution in [2.45, 2.75) is 43.2 Å². The van der Waals surface area contributed by atoms with Crippen LogP contribution in [0.5, 0.6) is 0 Å². The minimum atomic E-state index is 0.357. The summed E-state index contributed by atoms with van der Waals surface area (Å²) in [4.78, 5) is 14.9. The highest BCUT2D eigenvalue weighted by Gasteiger charge is 2.21. The van der Waals surface area contributed by atoms with Gasteiger partial charge in [-0.1, -0.05) is 49.3 Å². The van der Waals surface area contributed by atoms with Gasteiger partial charge in [-0.2, -0.15) is 5.06 Å². The first-order chi connectivity index (χ1) is 13.8. The quantitative estimate of drug-likeness (QED) is 0.369. The molecule has 0 atom stereocenters. The zero-order chi connectivity index (χ0) is 21.0. The van der Waals surface area contributed by atoms with Crippen molar-refractivity contribution in [2.24, 2.45) is 0 Å². The monoisotopic (exact) mass is 446 g/mol. The van der Waals surface area contributed by atoms with Crippen LogP contribution < -0.4 is 0 Å². The molecule has 1 fully saturated rings. The van der Waals surface area contributed by atoms with Crippen molar-refractivity contribution in [2.75, 3.05) is 7.05 Å². The van der Waals surface area contributed by atoms with E-state index in [0.717, 1.165) is 38.7 Å². The first kappa shape index (κ1) is 21.6. The number of hydrogen-bond donors (Lipinski definition) is 0. The fourth-order valence-electron chi connectivity index (χ4n) is 2.63. The molecule has 0 spiro atoms. The maximum atomic E-state index is 6.14. The van der Waals surface area contributed by atoms with Crippen LogP contribution in [0.3, 0.4) is 0 Å². The number of aryl methyl sites for hydroxylation is 1. The maximum Gasteiger partial charge on any atom is 0.322 e. The van der Waals surface area contributed by atoms with Gasteiger partial charge in [-0.15, -0.1) is 0 Å². The Labute approximate surface area is 186 Å². The van der Waals surface area contributed by atoms with Gasteiger partial charge in [-0.3, -0.25) is 4.98 Å². The molecule has 0 aliphatic carbocycles. The Morgan fingerprint density at radius 1 is 1.21 bits per heavy atom. The van der Waals surface area contributed by atoms with Gasteiger partial charge in [0.15, 0.2) is 0 Å². The van der Waals surface area contributed by atoms with Gasteiger partial charge in [0.2, 0.25) is 0 Å². The molecule has 0 bridgehead atoms. The molecule has 3 heterocycles. The summed E-state index contributed by atoms with van der Waals surface area (Å²) in [6.45, 7) is 7.12. The number of imidazole rings is 1. The van der Waals surface area contributed by atoms with Crippen molar-refractivity contribution >= 4 is 40.8 Å². The molecule has 8 heteroatoms. The largest absolute Gasteiger partial charge is 0.342 e.